The summed E-state index contributed by atoms with van der Waals surface area (Å²) < 4.78 is 0. The summed E-state index contributed by atoms with van der Waals surface area (Å²) in [5.41, 5.74) is 3.30. The van der Waals surface area contributed by atoms with Crippen molar-refractivity contribution in [3.05, 3.63) is 35.0 Å². The van der Waals surface area contributed by atoms with Gasteiger partial charge in [-0.05, 0) is 25.0 Å². The summed E-state index contributed by atoms with van der Waals surface area (Å²) in [5.74, 6) is -0.0339. The molecule has 4 heteroatoms. The average molecular weight is 279 g/mol. The van der Waals surface area contributed by atoms with Crippen LogP contribution in [0.25, 0.3) is 10.9 Å². The highest BCUT2D eigenvalue weighted by atomic mass is 79.9. The zero-order valence-electron chi connectivity index (χ0n) is 9.12. The van der Waals surface area contributed by atoms with Crippen LogP contribution in [0.3, 0.4) is 0 Å². The van der Waals surface area contributed by atoms with Gasteiger partial charge in [0.2, 0.25) is 0 Å². The molecule has 2 rings (SSSR count). The van der Waals surface area contributed by atoms with E-state index in [9.17, 15) is 4.79 Å². The van der Waals surface area contributed by atoms with Gasteiger partial charge in [-0.15, -0.1) is 10.2 Å². The third-order valence-corrected chi connectivity index (χ3v) is 3.14. The van der Waals surface area contributed by atoms with Gasteiger partial charge in [-0.1, -0.05) is 34.1 Å². The molecule has 82 valence electrons. The highest BCUT2D eigenvalue weighted by Crippen LogP contribution is 2.21. The first-order chi connectivity index (χ1) is 7.65. The van der Waals surface area contributed by atoms with Gasteiger partial charge in [0.05, 0.1) is 10.8 Å². The summed E-state index contributed by atoms with van der Waals surface area (Å²) >= 11 is 3.15. The molecule has 0 saturated carbocycles. The van der Waals surface area contributed by atoms with Crippen LogP contribution < -0.4 is 0 Å². The van der Waals surface area contributed by atoms with Gasteiger partial charge in [-0.25, -0.2) is 0 Å². The molecule has 3 nitrogen and oxygen atoms in total. The van der Waals surface area contributed by atoms with Gasteiger partial charge in [-0.3, -0.25) is 4.79 Å². The highest BCUT2D eigenvalue weighted by Gasteiger charge is 2.13. The third kappa shape index (κ3) is 1.73. The molecule has 0 fully saturated rings. The van der Waals surface area contributed by atoms with Gasteiger partial charge in [-0.2, -0.15) is 0 Å². The van der Waals surface area contributed by atoms with Crippen molar-refractivity contribution in [2.75, 3.05) is 5.33 Å². The summed E-state index contributed by atoms with van der Waals surface area (Å²) in [6, 6.07) is 5.93. The number of aromatic nitrogens is 2. The minimum Gasteiger partial charge on any atom is -0.291 e. The standard InChI is InChI=1S/C12H11BrN2O/c1-7-4-3-5-9-8(2)12(10(16)6-13)15-14-11(7)9/h3-5H,6H2,1-2H3. The fourth-order valence-electron chi connectivity index (χ4n) is 1.73. The summed E-state index contributed by atoms with van der Waals surface area (Å²) in [4.78, 5) is 11.6. The number of nitrogens with zero attached hydrogens (tertiary/aromatic N) is 2. The number of carbonyl (C=O) groups is 1. The van der Waals surface area contributed by atoms with Crippen LogP contribution in [0.5, 0.6) is 0 Å². The van der Waals surface area contributed by atoms with Crippen LogP contribution in [-0.4, -0.2) is 21.3 Å². The van der Waals surface area contributed by atoms with Crippen molar-refractivity contribution in [3.63, 3.8) is 0 Å². The van der Waals surface area contributed by atoms with Crippen LogP contribution in [0.2, 0.25) is 0 Å². The second kappa shape index (κ2) is 4.29. The van der Waals surface area contributed by atoms with Crippen LogP contribution in [0.1, 0.15) is 21.6 Å². The first kappa shape index (κ1) is 11.2. The predicted molar refractivity (Wildman–Crippen MR) is 67.1 cm³/mol. The van der Waals surface area contributed by atoms with E-state index in [4.69, 9.17) is 0 Å². The second-order valence-corrected chi connectivity index (χ2v) is 4.26. The van der Waals surface area contributed by atoms with Crippen LogP contribution in [0.15, 0.2) is 18.2 Å². The van der Waals surface area contributed by atoms with Crippen LogP contribution in [0.4, 0.5) is 0 Å². The molecule has 2 aromatic rings. The number of benzene rings is 1. The number of hydrogen-bond donors (Lipinski definition) is 0. The Bertz CT molecular complexity index is 566. The topological polar surface area (TPSA) is 42.9 Å². The highest BCUT2D eigenvalue weighted by molar-refractivity contribution is 9.09. The number of carbonyl (C=O) groups excluding carboxylic acids is 1. The fraction of sp³-hybridized carbons (Fsp3) is 0.250. The summed E-state index contributed by atoms with van der Waals surface area (Å²) in [6.07, 6.45) is 0. The van der Waals surface area contributed by atoms with E-state index < -0.39 is 0 Å². The third-order valence-electron chi connectivity index (χ3n) is 2.63. The molecule has 1 aromatic carbocycles. The Morgan fingerprint density at radius 1 is 1.31 bits per heavy atom. The van der Waals surface area contributed by atoms with Crippen molar-refractivity contribution in [1.29, 1.82) is 0 Å². The Kier molecular flexibility index (Phi) is 3.01. The van der Waals surface area contributed by atoms with Crippen molar-refractivity contribution >= 4 is 32.6 Å². The molecule has 0 spiro atoms. The molecule has 0 saturated heterocycles. The van der Waals surface area contributed by atoms with Gasteiger partial charge >= 0.3 is 0 Å². The number of alkyl halides is 1. The first-order valence-electron chi connectivity index (χ1n) is 4.97. The molecule has 1 aromatic heterocycles. The van der Waals surface area contributed by atoms with E-state index >= 15 is 0 Å². The molecule has 0 atom stereocenters. The molecule has 0 N–H and O–H groups in total. The number of hydrogen-bond acceptors (Lipinski definition) is 3. The zero-order valence-corrected chi connectivity index (χ0v) is 10.7. The maximum atomic E-state index is 11.6. The molecular weight excluding hydrogens is 268 g/mol. The van der Waals surface area contributed by atoms with E-state index in [1.807, 2.05) is 32.0 Å². The number of Topliss-reactive ketones (excluding diaryl/α,β-unsaturated/α-hetero) is 1. The SMILES string of the molecule is Cc1c(C(=O)CBr)nnc2c(C)cccc12. The fourth-order valence-corrected chi connectivity index (χ4v) is 1.99. The van der Waals surface area contributed by atoms with Gasteiger partial charge in [0.15, 0.2) is 5.78 Å². The van der Waals surface area contributed by atoms with Crippen molar-refractivity contribution in [1.82, 2.24) is 10.2 Å². The summed E-state index contributed by atoms with van der Waals surface area (Å²) in [6.45, 7) is 3.90. The van der Waals surface area contributed by atoms with Crippen LogP contribution >= 0.6 is 15.9 Å². The van der Waals surface area contributed by atoms with Crippen molar-refractivity contribution < 1.29 is 4.79 Å². The van der Waals surface area contributed by atoms with E-state index in [-0.39, 0.29) is 11.1 Å². The molecule has 16 heavy (non-hydrogen) atoms. The van der Waals surface area contributed by atoms with E-state index in [1.54, 1.807) is 0 Å². The lowest BCUT2D eigenvalue weighted by Crippen LogP contribution is -2.08. The normalized spacial score (nSPS) is 10.7. The number of ketones is 1. The lowest BCUT2D eigenvalue weighted by Gasteiger charge is -2.06. The summed E-state index contributed by atoms with van der Waals surface area (Å²) in [7, 11) is 0. The van der Waals surface area contributed by atoms with E-state index in [1.165, 1.54) is 0 Å². The lowest BCUT2D eigenvalue weighted by molar-refractivity contribution is 0.101. The Labute approximate surface area is 102 Å². The maximum Gasteiger partial charge on any atom is 0.193 e. The lowest BCUT2D eigenvalue weighted by atomic mass is 10.0. The van der Waals surface area contributed by atoms with E-state index in [0.29, 0.717) is 5.69 Å². The smallest absolute Gasteiger partial charge is 0.193 e. The van der Waals surface area contributed by atoms with Gasteiger partial charge in [0, 0.05) is 5.39 Å². The average Bonchev–Trinajstić information content (AvgIpc) is 2.30. The monoisotopic (exact) mass is 278 g/mol. The van der Waals surface area contributed by atoms with Crippen molar-refractivity contribution in [3.8, 4) is 0 Å². The van der Waals surface area contributed by atoms with E-state index in [0.717, 1.165) is 22.0 Å². The minimum absolute atomic E-state index is 0.0339. The molecule has 0 aliphatic rings. The molecule has 1 heterocycles. The first-order valence-corrected chi connectivity index (χ1v) is 6.09. The van der Waals surface area contributed by atoms with Gasteiger partial charge in [0.1, 0.15) is 5.69 Å². The van der Waals surface area contributed by atoms with Crippen LogP contribution in [-0.2, 0) is 0 Å². The van der Waals surface area contributed by atoms with Crippen molar-refractivity contribution in [2.45, 2.75) is 13.8 Å². The number of rotatable bonds is 2. The number of fused-ring (bicyclic) bond motifs is 1. The quantitative estimate of drug-likeness (QED) is 0.627. The molecule has 0 aliphatic carbocycles. The Balaban J connectivity index is 2.75. The van der Waals surface area contributed by atoms with Gasteiger partial charge in [0.25, 0.3) is 0 Å². The Hall–Kier alpha value is -1.29. The molecule has 0 amide bonds. The largest absolute Gasteiger partial charge is 0.291 e. The van der Waals surface area contributed by atoms with Crippen molar-refractivity contribution in [2.24, 2.45) is 0 Å². The number of halogens is 1. The summed E-state index contributed by atoms with van der Waals surface area (Å²) in [5, 5.41) is 9.40. The molecule has 0 aliphatic heterocycles. The second-order valence-electron chi connectivity index (χ2n) is 3.70. The zero-order chi connectivity index (χ0) is 11.7. The maximum absolute atomic E-state index is 11.6. The van der Waals surface area contributed by atoms with Crippen LogP contribution in [0, 0.1) is 13.8 Å². The minimum atomic E-state index is -0.0339. The number of aryl methyl sites for hydroxylation is 2. The van der Waals surface area contributed by atoms with Gasteiger partial charge < -0.3 is 0 Å². The molecular formula is C12H11BrN2O. The predicted octanol–water partition coefficient (Wildman–Crippen LogP) is 2.82. The molecule has 0 bridgehead atoms. The Morgan fingerprint density at radius 3 is 2.75 bits per heavy atom. The van der Waals surface area contributed by atoms with E-state index in [2.05, 4.69) is 26.1 Å². The Morgan fingerprint density at radius 2 is 2.06 bits per heavy atom. The molecule has 0 radical (unpaired) electrons. The molecule has 0 unspecified atom stereocenters.